The van der Waals surface area contributed by atoms with Crippen molar-refractivity contribution in [2.75, 3.05) is 12.8 Å². The van der Waals surface area contributed by atoms with Crippen LogP contribution in [0.3, 0.4) is 0 Å². The van der Waals surface area contributed by atoms with Gasteiger partial charge in [0.25, 0.3) is 0 Å². The molecule has 18 heavy (non-hydrogen) atoms. The number of halogens is 2. The van der Waals surface area contributed by atoms with E-state index >= 15 is 0 Å². The summed E-state index contributed by atoms with van der Waals surface area (Å²) in [6, 6.07) is 4.62. The van der Waals surface area contributed by atoms with Crippen molar-refractivity contribution in [1.29, 1.82) is 0 Å². The third-order valence-corrected chi connectivity index (χ3v) is 4.06. The molecule has 0 amide bonds. The van der Waals surface area contributed by atoms with Crippen molar-refractivity contribution < 1.29 is 18.3 Å². The van der Waals surface area contributed by atoms with Crippen molar-refractivity contribution in [1.82, 2.24) is 4.31 Å². The number of rotatable bonds is 5. The quantitative estimate of drug-likeness (QED) is 0.900. The summed E-state index contributed by atoms with van der Waals surface area (Å²) in [6.45, 7) is -0.666. The molecule has 5 nitrogen and oxygen atoms in total. The van der Waals surface area contributed by atoms with Gasteiger partial charge in [-0.15, -0.1) is 0 Å². The van der Waals surface area contributed by atoms with Crippen molar-refractivity contribution in [2.45, 2.75) is 6.54 Å². The third-order valence-electron chi connectivity index (χ3n) is 2.12. The second-order valence-electron chi connectivity index (χ2n) is 3.67. The predicted octanol–water partition coefficient (Wildman–Crippen LogP) is 1.84. The second kappa shape index (κ2) is 5.88. The molecule has 0 heterocycles. The Hall–Kier alpha value is -0.820. The molecule has 100 valence electrons. The molecule has 0 saturated heterocycles. The van der Waals surface area contributed by atoms with Crippen LogP contribution in [0.2, 0.25) is 10.0 Å². The van der Waals surface area contributed by atoms with Gasteiger partial charge in [-0.25, -0.2) is 8.42 Å². The first-order valence-electron chi connectivity index (χ1n) is 4.81. The predicted molar refractivity (Wildman–Crippen MR) is 69.4 cm³/mol. The van der Waals surface area contributed by atoms with Gasteiger partial charge in [0.15, 0.2) is 0 Å². The molecule has 0 unspecified atom stereocenters. The van der Waals surface area contributed by atoms with Crippen LogP contribution in [0, 0.1) is 0 Å². The number of aliphatic carboxylic acids is 1. The Labute approximate surface area is 115 Å². The molecule has 1 N–H and O–H groups in total. The molecule has 0 aliphatic carbocycles. The summed E-state index contributed by atoms with van der Waals surface area (Å²) >= 11 is 11.5. The number of carboxylic acids is 1. The zero-order valence-electron chi connectivity index (χ0n) is 9.43. The minimum Gasteiger partial charge on any atom is -0.480 e. The molecule has 1 aromatic carbocycles. The number of hydrogen-bond acceptors (Lipinski definition) is 3. The maximum atomic E-state index is 11.4. The van der Waals surface area contributed by atoms with Crippen molar-refractivity contribution in [2.24, 2.45) is 0 Å². The molecule has 8 heteroatoms. The lowest BCUT2D eigenvalue weighted by Gasteiger charge is -2.17. The van der Waals surface area contributed by atoms with Crippen LogP contribution in [0.1, 0.15) is 5.56 Å². The van der Waals surface area contributed by atoms with Crippen LogP contribution in [-0.4, -0.2) is 36.6 Å². The Morgan fingerprint density at radius 1 is 1.33 bits per heavy atom. The standard InChI is InChI=1S/C10H11Cl2NO4S/c1-18(16,17)13(6-10(14)15)5-7-2-3-8(11)9(12)4-7/h2-4H,5-6H2,1H3,(H,14,15). The van der Waals surface area contributed by atoms with Gasteiger partial charge in [-0.2, -0.15) is 4.31 Å². The van der Waals surface area contributed by atoms with Gasteiger partial charge in [0.1, 0.15) is 6.54 Å². The van der Waals surface area contributed by atoms with E-state index in [9.17, 15) is 13.2 Å². The molecule has 0 spiro atoms. The number of carbonyl (C=O) groups is 1. The molecule has 0 fully saturated rings. The van der Waals surface area contributed by atoms with Crippen LogP contribution >= 0.6 is 23.2 Å². The monoisotopic (exact) mass is 311 g/mol. The minimum absolute atomic E-state index is 0.0674. The SMILES string of the molecule is CS(=O)(=O)N(CC(=O)O)Cc1ccc(Cl)c(Cl)c1. The molecule has 0 aliphatic rings. The maximum Gasteiger partial charge on any atom is 0.318 e. The fourth-order valence-corrected chi connectivity index (χ4v) is 2.33. The number of nitrogens with zero attached hydrogens (tertiary/aromatic N) is 1. The third kappa shape index (κ3) is 4.45. The van der Waals surface area contributed by atoms with E-state index in [1.54, 1.807) is 6.07 Å². The van der Waals surface area contributed by atoms with E-state index in [0.717, 1.165) is 10.6 Å². The molecule has 0 bridgehead atoms. The summed E-state index contributed by atoms with van der Waals surface area (Å²) in [6.07, 6.45) is 0.952. The van der Waals surface area contributed by atoms with Crippen LogP contribution in [-0.2, 0) is 21.4 Å². The lowest BCUT2D eigenvalue weighted by molar-refractivity contribution is -0.137. The number of benzene rings is 1. The van der Waals surface area contributed by atoms with E-state index in [0.29, 0.717) is 10.6 Å². The Morgan fingerprint density at radius 2 is 1.94 bits per heavy atom. The van der Waals surface area contributed by atoms with Gasteiger partial charge < -0.3 is 5.11 Å². The van der Waals surface area contributed by atoms with Crippen LogP contribution < -0.4 is 0 Å². The Bertz CT molecular complexity index is 559. The molecule has 0 atom stereocenters. The van der Waals surface area contributed by atoms with E-state index in [1.165, 1.54) is 12.1 Å². The Balaban J connectivity index is 2.96. The molecule has 0 aliphatic heterocycles. The van der Waals surface area contributed by atoms with Gasteiger partial charge in [0.05, 0.1) is 16.3 Å². The highest BCUT2D eigenvalue weighted by Crippen LogP contribution is 2.23. The second-order valence-corrected chi connectivity index (χ2v) is 6.47. The minimum atomic E-state index is -3.60. The van der Waals surface area contributed by atoms with Gasteiger partial charge in [-0.1, -0.05) is 29.3 Å². The maximum absolute atomic E-state index is 11.4. The van der Waals surface area contributed by atoms with Gasteiger partial charge in [0.2, 0.25) is 10.0 Å². The van der Waals surface area contributed by atoms with Crippen LogP contribution in [0.15, 0.2) is 18.2 Å². The summed E-state index contributed by atoms with van der Waals surface area (Å²) in [5.41, 5.74) is 0.566. The van der Waals surface area contributed by atoms with E-state index in [4.69, 9.17) is 28.3 Å². The first kappa shape index (κ1) is 15.2. The molecule has 1 rings (SSSR count). The summed E-state index contributed by atoms with van der Waals surface area (Å²) in [5.74, 6) is -1.22. The van der Waals surface area contributed by atoms with E-state index in [1.807, 2.05) is 0 Å². The molecular weight excluding hydrogens is 301 g/mol. The number of hydrogen-bond donors (Lipinski definition) is 1. The van der Waals surface area contributed by atoms with Crippen molar-refractivity contribution in [3.05, 3.63) is 33.8 Å². The van der Waals surface area contributed by atoms with E-state index in [2.05, 4.69) is 0 Å². The number of carboxylic acid groups (broad SMARTS) is 1. The van der Waals surface area contributed by atoms with Gasteiger partial charge in [-0.05, 0) is 17.7 Å². The summed E-state index contributed by atoms with van der Waals surface area (Å²) < 4.78 is 23.7. The normalized spacial score (nSPS) is 11.8. The topological polar surface area (TPSA) is 74.7 Å². The molecule has 0 radical (unpaired) electrons. The van der Waals surface area contributed by atoms with E-state index < -0.39 is 22.5 Å². The van der Waals surface area contributed by atoms with Gasteiger partial charge in [0, 0.05) is 6.54 Å². The lowest BCUT2D eigenvalue weighted by Crippen LogP contribution is -2.34. The van der Waals surface area contributed by atoms with Crippen molar-refractivity contribution >= 4 is 39.2 Å². The van der Waals surface area contributed by atoms with Crippen molar-refractivity contribution in [3.63, 3.8) is 0 Å². The number of sulfonamides is 1. The highest BCUT2D eigenvalue weighted by Gasteiger charge is 2.20. The highest BCUT2D eigenvalue weighted by molar-refractivity contribution is 7.88. The fourth-order valence-electron chi connectivity index (χ4n) is 1.28. The Morgan fingerprint density at radius 3 is 2.39 bits per heavy atom. The van der Waals surface area contributed by atoms with E-state index in [-0.39, 0.29) is 11.6 Å². The largest absolute Gasteiger partial charge is 0.480 e. The van der Waals surface area contributed by atoms with Crippen LogP contribution in [0.4, 0.5) is 0 Å². The van der Waals surface area contributed by atoms with Gasteiger partial charge >= 0.3 is 5.97 Å². The summed E-state index contributed by atoms with van der Waals surface area (Å²) in [5, 5.41) is 9.31. The average Bonchev–Trinajstić information content (AvgIpc) is 2.20. The summed E-state index contributed by atoms with van der Waals surface area (Å²) in [7, 11) is -3.60. The first-order chi connectivity index (χ1) is 8.20. The molecule has 1 aromatic rings. The average molecular weight is 312 g/mol. The highest BCUT2D eigenvalue weighted by atomic mass is 35.5. The van der Waals surface area contributed by atoms with Crippen molar-refractivity contribution in [3.8, 4) is 0 Å². The molecule has 0 aromatic heterocycles. The smallest absolute Gasteiger partial charge is 0.318 e. The van der Waals surface area contributed by atoms with Crippen LogP contribution in [0.5, 0.6) is 0 Å². The lowest BCUT2D eigenvalue weighted by atomic mass is 10.2. The van der Waals surface area contributed by atoms with Gasteiger partial charge in [-0.3, -0.25) is 4.79 Å². The Kier molecular flexibility index (Phi) is 4.98. The van der Waals surface area contributed by atoms with Crippen LogP contribution in [0.25, 0.3) is 0 Å². The zero-order valence-corrected chi connectivity index (χ0v) is 11.8. The zero-order chi connectivity index (χ0) is 13.9. The fraction of sp³-hybridized carbons (Fsp3) is 0.300. The molecular formula is C10H11Cl2NO4S. The first-order valence-corrected chi connectivity index (χ1v) is 7.41. The summed E-state index contributed by atoms with van der Waals surface area (Å²) in [4.78, 5) is 10.6. The molecule has 0 saturated carbocycles.